The number of thioether (sulfide) groups is 1. The molecule has 1 aromatic rings. The third-order valence-corrected chi connectivity index (χ3v) is 6.38. The van der Waals surface area contributed by atoms with Crippen LogP contribution < -0.4 is 4.72 Å². The number of rotatable bonds is 11. The van der Waals surface area contributed by atoms with Crippen molar-refractivity contribution in [2.24, 2.45) is 5.41 Å². The van der Waals surface area contributed by atoms with Gasteiger partial charge in [0.2, 0.25) is 10.0 Å². The smallest absolute Gasteiger partial charge is 0.309 e. The number of carbonyl (C=O) groups is 1. The van der Waals surface area contributed by atoms with E-state index < -0.39 is 21.4 Å². The fraction of sp³-hybridized carbons (Fsp3) is 0.562. The zero-order valence-electron chi connectivity index (χ0n) is 13.9. The molecule has 0 aliphatic heterocycles. The van der Waals surface area contributed by atoms with E-state index >= 15 is 0 Å². The van der Waals surface area contributed by atoms with E-state index in [0.717, 1.165) is 18.6 Å². The maximum atomic E-state index is 12.0. The number of carboxylic acids is 1. The number of halogens is 1. The van der Waals surface area contributed by atoms with Crippen molar-refractivity contribution in [1.29, 1.82) is 0 Å². The molecule has 0 spiro atoms. The molecule has 1 rings (SSSR count). The van der Waals surface area contributed by atoms with Gasteiger partial charge in [-0.25, -0.2) is 13.1 Å². The molecule has 0 atom stereocenters. The van der Waals surface area contributed by atoms with Gasteiger partial charge in [0.1, 0.15) is 0 Å². The maximum absolute atomic E-state index is 12.0. The Morgan fingerprint density at radius 2 is 1.83 bits per heavy atom. The highest BCUT2D eigenvalue weighted by Gasteiger charge is 2.25. The van der Waals surface area contributed by atoms with Gasteiger partial charge in [0.25, 0.3) is 0 Å². The number of aliphatic carboxylic acids is 1. The van der Waals surface area contributed by atoms with E-state index in [1.54, 1.807) is 37.7 Å². The Bertz CT molecular complexity index is 630. The van der Waals surface area contributed by atoms with E-state index in [9.17, 15) is 13.2 Å². The monoisotopic (exact) mass is 393 g/mol. The van der Waals surface area contributed by atoms with E-state index in [0.29, 0.717) is 23.7 Å². The van der Waals surface area contributed by atoms with Crippen LogP contribution in [0.15, 0.2) is 29.2 Å². The second kappa shape index (κ2) is 9.65. The lowest BCUT2D eigenvalue weighted by molar-refractivity contribution is -0.147. The van der Waals surface area contributed by atoms with Crippen LogP contribution in [0.4, 0.5) is 0 Å². The molecule has 0 unspecified atom stereocenters. The molecular weight excluding hydrogens is 370 g/mol. The first-order valence-electron chi connectivity index (χ1n) is 7.71. The van der Waals surface area contributed by atoms with E-state index in [1.165, 1.54) is 12.1 Å². The van der Waals surface area contributed by atoms with Crippen LogP contribution in [0.2, 0.25) is 5.02 Å². The predicted molar refractivity (Wildman–Crippen MR) is 99.2 cm³/mol. The summed E-state index contributed by atoms with van der Waals surface area (Å²) in [7, 11) is -3.49. The standard InChI is InChI=1S/C16H24ClNO4S2/c1-16(2,15(19)20)9-3-4-11-23-12-10-18-24(21,22)14-7-5-13(17)6-8-14/h5-8,18H,3-4,9-12H2,1-2H3,(H,19,20). The molecule has 0 aliphatic carbocycles. The Balaban J connectivity index is 2.18. The second-order valence-corrected chi connectivity index (χ2v) is 9.54. The molecule has 0 heterocycles. The Morgan fingerprint density at radius 1 is 1.21 bits per heavy atom. The Kier molecular flexibility index (Phi) is 8.56. The summed E-state index contributed by atoms with van der Waals surface area (Å²) in [5, 5.41) is 9.52. The van der Waals surface area contributed by atoms with E-state index in [2.05, 4.69) is 4.72 Å². The number of benzene rings is 1. The quantitative estimate of drug-likeness (QED) is 0.561. The minimum absolute atomic E-state index is 0.202. The lowest BCUT2D eigenvalue weighted by Crippen LogP contribution is -2.26. The van der Waals surface area contributed by atoms with Crippen molar-refractivity contribution in [2.45, 2.75) is 38.0 Å². The largest absolute Gasteiger partial charge is 0.481 e. The Morgan fingerprint density at radius 3 is 2.42 bits per heavy atom. The van der Waals surface area contributed by atoms with Crippen molar-refractivity contribution in [3.8, 4) is 0 Å². The number of hydrogen-bond acceptors (Lipinski definition) is 4. The fourth-order valence-corrected chi connectivity index (χ4v) is 4.07. The van der Waals surface area contributed by atoms with Crippen LogP contribution in [0, 0.1) is 5.41 Å². The average Bonchev–Trinajstić information content (AvgIpc) is 2.50. The zero-order valence-corrected chi connectivity index (χ0v) is 16.3. The highest BCUT2D eigenvalue weighted by molar-refractivity contribution is 7.99. The number of nitrogens with one attached hydrogen (secondary N) is 1. The zero-order chi connectivity index (χ0) is 18.2. The normalized spacial score (nSPS) is 12.3. The Labute approximate surface area is 153 Å². The van der Waals surface area contributed by atoms with Crippen LogP contribution in [0.3, 0.4) is 0 Å². The second-order valence-electron chi connectivity index (χ2n) is 6.11. The van der Waals surface area contributed by atoms with Gasteiger partial charge in [-0.05, 0) is 56.7 Å². The minimum Gasteiger partial charge on any atom is -0.481 e. The van der Waals surface area contributed by atoms with Gasteiger partial charge >= 0.3 is 5.97 Å². The van der Waals surface area contributed by atoms with Crippen LogP contribution in [-0.2, 0) is 14.8 Å². The molecule has 136 valence electrons. The van der Waals surface area contributed by atoms with Gasteiger partial charge < -0.3 is 5.11 Å². The molecule has 0 amide bonds. The van der Waals surface area contributed by atoms with Crippen molar-refractivity contribution >= 4 is 39.4 Å². The van der Waals surface area contributed by atoms with Gasteiger partial charge in [0, 0.05) is 17.3 Å². The molecule has 0 saturated heterocycles. The topological polar surface area (TPSA) is 83.5 Å². The van der Waals surface area contributed by atoms with Crippen molar-refractivity contribution in [1.82, 2.24) is 4.72 Å². The third-order valence-electron chi connectivity index (χ3n) is 3.58. The number of sulfonamides is 1. The summed E-state index contributed by atoms with van der Waals surface area (Å²) in [5.41, 5.74) is -0.682. The third kappa shape index (κ3) is 7.42. The molecule has 24 heavy (non-hydrogen) atoms. The molecule has 8 heteroatoms. The van der Waals surface area contributed by atoms with Crippen molar-refractivity contribution < 1.29 is 18.3 Å². The molecule has 2 N–H and O–H groups in total. The summed E-state index contributed by atoms with van der Waals surface area (Å²) < 4.78 is 26.6. The van der Waals surface area contributed by atoms with Crippen LogP contribution in [0.5, 0.6) is 0 Å². The summed E-state index contributed by atoms with van der Waals surface area (Å²) in [5.74, 6) is 0.791. The van der Waals surface area contributed by atoms with Crippen molar-refractivity contribution in [3.63, 3.8) is 0 Å². The van der Waals surface area contributed by atoms with Gasteiger partial charge in [0.15, 0.2) is 0 Å². The maximum Gasteiger partial charge on any atom is 0.309 e. The first-order valence-corrected chi connectivity index (χ1v) is 10.7. The summed E-state index contributed by atoms with van der Waals surface area (Å²) in [4.78, 5) is 11.2. The predicted octanol–water partition coefficient (Wildman–Crippen LogP) is 3.63. The SMILES string of the molecule is CC(C)(CCCCSCCNS(=O)(=O)c1ccc(Cl)cc1)C(=O)O. The number of hydrogen-bond donors (Lipinski definition) is 2. The Hall–Kier alpha value is -0.760. The van der Waals surface area contributed by atoms with Crippen LogP contribution in [-0.4, -0.2) is 37.5 Å². The lowest BCUT2D eigenvalue weighted by Gasteiger charge is -2.18. The van der Waals surface area contributed by atoms with Gasteiger partial charge in [0.05, 0.1) is 10.3 Å². The van der Waals surface area contributed by atoms with Gasteiger partial charge in [-0.15, -0.1) is 0 Å². The molecule has 0 aliphatic rings. The molecule has 5 nitrogen and oxygen atoms in total. The van der Waals surface area contributed by atoms with Crippen molar-refractivity contribution in [3.05, 3.63) is 29.3 Å². The van der Waals surface area contributed by atoms with E-state index in [1.807, 2.05) is 0 Å². The lowest BCUT2D eigenvalue weighted by atomic mass is 9.88. The first kappa shape index (κ1) is 21.3. The molecular formula is C16H24ClNO4S2. The highest BCUT2D eigenvalue weighted by atomic mass is 35.5. The van der Waals surface area contributed by atoms with Gasteiger partial charge in [-0.2, -0.15) is 11.8 Å². The molecule has 0 bridgehead atoms. The average molecular weight is 394 g/mol. The van der Waals surface area contributed by atoms with E-state index in [-0.39, 0.29) is 4.90 Å². The van der Waals surface area contributed by atoms with Crippen LogP contribution in [0.25, 0.3) is 0 Å². The van der Waals surface area contributed by atoms with Crippen LogP contribution in [0.1, 0.15) is 33.1 Å². The molecule has 0 aromatic heterocycles. The van der Waals surface area contributed by atoms with Crippen molar-refractivity contribution in [2.75, 3.05) is 18.1 Å². The van der Waals surface area contributed by atoms with E-state index in [4.69, 9.17) is 16.7 Å². The first-order chi connectivity index (χ1) is 11.1. The molecule has 0 fully saturated rings. The summed E-state index contributed by atoms with van der Waals surface area (Å²) in [6.07, 6.45) is 2.42. The summed E-state index contributed by atoms with van der Waals surface area (Å²) in [6, 6.07) is 6.04. The number of unbranched alkanes of at least 4 members (excludes halogenated alkanes) is 1. The molecule has 0 radical (unpaired) electrons. The minimum atomic E-state index is -3.49. The fourth-order valence-electron chi connectivity index (χ4n) is 1.93. The molecule has 0 saturated carbocycles. The molecule has 1 aromatic carbocycles. The number of carboxylic acid groups (broad SMARTS) is 1. The summed E-state index contributed by atoms with van der Waals surface area (Å²) >= 11 is 7.40. The van der Waals surface area contributed by atoms with Crippen LogP contribution >= 0.6 is 23.4 Å². The van der Waals surface area contributed by atoms with Gasteiger partial charge in [-0.1, -0.05) is 18.0 Å². The van der Waals surface area contributed by atoms with Gasteiger partial charge in [-0.3, -0.25) is 4.79 Å². The summed E-state index contributed by atoms with van der Waals surface area (Å²) in [6.45, 7) is 3.82. The highest BCUT2D eigenvalue weighted by Crippen LogP contribution is 2.23.